The maximum Gasteiger partial charge on any atom is 0.280 e. The minimum atomic E-state index is -0.0332. The third kappa shape index (κ3) is 2.50. The molecule has 3 aromatic heterocycles. The molecule has 0 N–H and O–H groups in total. The number of furan rings is 1. The van der Waals surface area contributed by atoms with Crippen molar-refractivity contribution in [1.29, 1.82) is 0 Å². The molecule has 1 fully saturated rings. The molecular weight excluding hydrogens is 300 g/mol. The summed E-state index contributed by atoms with van der Waals surface area (Å²) in [6.07, 6.45) is 5.54. The van der Waals surface area contributed by atoms with E-state index in [4.69, 9.17) is 8.94 Å². The number of aryl methyl sites for hydroxylation is 1. The van der Waals surface area contributed by atoms with E-state index in [-0.39, 0.29) is 11.9 Å². The van der Waals surface area contributed by atoms with Gasteiger partial charge in [-0.25, -0.2) is 4.68 Å². The van der Waals surface area contributed by atoms with E-state index in [1.807, 2.05) is 0 Å². The van der Waals surface area contributed by atoms with Crippen LogP contribution in [0.4, 0.5) is 0 Å². The summed E-state index contributed by atoms with van der Waals surface area (Å²) in [6, 6.07) is 1.75. The fourth-order valence-electron chi connectivity index (χ4n) is 2.67. The molecule has 0 radical (unpaired) electrons. The topological polar surface area (TPSA) is 103 Å². The number of likely N-dealkylation sites (tertiary alicyclic amines) is 1. The van der Waals surface area contributed by atoms with E-state index in [9.17, 15) is 4.79 Å². The highest BCUT2D eigenvalue weighted by molar-refractivity contribution is 5.94. The molecule has 1 atom stereocenters. The molecule has 3 aromatic rings. The molecular formula is C14H14N6O3. The van der Waals surface area contributed by atoms with Crippen LogP contribution in [0.15, 0.2) is 33.7 Å². The molecule has 1 aliphatic rings. The first-order valence-electron chi connectivity index (χ1n) is 7.24. The normalized spacial score (nSPS) is 17.8. The zero-order chi connectivity index (χ0) is 15.8. The second-order valence-electron chi connectivity index (χ2n) is 5.44. The van der Waals surface area contributed by atoms with Gasteiger partial charge >= 0.3 is 0 Å². The summed E-state index contributed by atoms with van der Waals surface area (Å²) in [5.74, 6) is 0.861. The molecule has 0 aliphatic carbocycles. The van der Waals surface area contributed by atoms with Crippen molar-refractivity contribution in [1.82, 2.24) is 30.0 Å². The summed E-state index contributed by atoms with van der Waals surface area (Å²) in [4.78, 5) is 18.2. The molecule has 0 saturated carbocycles. The van der Waals surface area contributed by atoms with Gasteiger partial charge in [-0.1, -0.05) is 10.4 Å². The van der Waals surface area contributed by atoms with Crippen LogP contribution in [0.1, 0.15) is 28.6 Å². The summed E-state index contributed by atoms with van der Waals surface area (Å²) < 4.78 is 11.8. The average molecular weight is 314 g/mol. The molecule has 9 nitrogen and oxygen atoms in total. The smallest absolute Gasteiger partial charge is 0.280 e. The Balaban J connectivity index is 1.48. The second kappa shape index (κ2) is 5.34. The number of amides is 1. The molecule has 1 saturated heterocycles. The first-order chi connectivity index (χ1) is 11.2. The van der Waals surface area contributed by atoms with Gasteiger partial charge in [-0.3, -0.25) is 4.79 Å². The van der Waals surface area contributed by atoms with Gasteiger partial charge in [0.15, 0.2) is 11.5 Å². The highest BCUT2D eigenvalue weighted by atomic mass is 16.5. The Morgan fingerprint density at radius 3 is 3.09 bits per heavy atom. The monoisotopic (exact) mass is 314 g/mol. The molecule has 1 aliphatic heterocycles. The third-order valence-corrected chi connectivity index (χ3v) is 3.85. The van der Waals surface area contributed by atoms with Crippen LogP contribution in [0.2, 0.25) is 0 Å². The van der Waals surface area contributed by atoms with Crippen LogP contribution in [0.3, 0.4) is 0 Å². The zero-order valence-electron chi connectivity index (χ0n) is 12.4. The van der Waals surface area contributed by atoms with Crippen molar-refractivity contribution in [3.63, 3.8) is 0 Å². The Hall–Kier alpha value is -2.97. The molecule has 4 rings (SSSR count). The summed E-state index contributed by atoms with van der Waals surface area (Å²) >= 11 is 0. The van der Waals surface area contributed by atoms with Gasteiger partial charge in [-0.15, -0.1) is 5.10 Å². The quantitative estimate of drug-likeness (QED) is 0.718. The van der Waals surface area contributed by atoms with E-state index in [1.165, 1.54) is 12.5 Å². The number of aromatic nitrogens is 5. The van der Waals surface area contributed by atoms with Crippen molar-refractivity contribution >= 4 is 5.91 Å². The average Bonchev–Trinajstić information content (AvgIpc) is 3.31. The minimum Gasteiger partial charge on any atom is -0.472 e. The number of rotatable bonds is 3. The van der Waals surface area contributed by atoms with Gasteiger partial charge in [0.1, 0.15) is 6.26 Å². The van der Waals surface area contributed by atoms with Gasteiger partial charge in [0.05, 0.1) is 24.1 Å². The van der Waals surface area contributed by atoms with Crippen molar-refractivity contribution in [3.8, 4) is 11.6 Å². The maximum absolute atomic E-state index is 12.3. The lowest BCUT2D eigenvalue weighted by molar-refractivity contribution is 0.0786. The predicted octanol–water partition coefficient (Wildman–Crippen LogP) is 1.32. The Kier molecular flexibility index (Phi) is 3.18. The molecule has 0 spiro atoms. The van der Waals surface area contributed by atoms with Gasteiger partial charge in [-0.2, -0.15) is 4.98 Å². The fourth-order valence-corrected chi connectivity index (χ4v) is 2.67. The van der Waals surface area contributed by atoms with E-state index >= 15 is 0 Å². The van der Waals surface area contributed by atoms with Crippen LogP contribution < -0.4 is 0 Å². The summed E-state index contributed by atoms with van der Waals surface area (Å²) in [7, 11) is 0. The van der Waals surface area contributed by atoms with E-state index < -0.39 is 0 Å². The van der Waals surface area contributed by atoms with Gasteiger partial charge < -0.3 is 13.8 Å². The highest BCUT2D eigenvalue weighted by Crippen LogP contribution is 2.24. The lowest BCUT2D eigenvalue weighted by Gasteiger charge is -2.15. The molecule has 9 heteroatoms. The van der Waals surface area contributed by atoms with Gasteiger partial charge in [0, 0.05) is 13.1 Å². The van der Waals surface area contributed by atoms with Crippen molar-refractivity contribution in [3.05, 3.63) is 36.2 Å². The second-order valence-corrected chi connectivity index (χ2v) is 5.44. The standard InChI is InChI=1S/C14H14N6O3/c1-9-15-13(23-17-9)12-7-20(18-16-12)11-2-4-19(6-11)14(21)10-3-5-22-8-10/h3,5,7-8,11H,2,4,6H2,1H3/t11-/m0/s1. The minimum absolute atomic E-state index is 0.0332. The lowest BCUT2D eigenvalue weighted by Crippen LogP contribution is -2.28. The third-order valence-electron chi connectivity index (χ3n) is 3.85. The van der Waals surface area contributed by atoms with E-state index in [2.05, 4.69) is 20.5 Å². The first kappa shape index (κ1) is 13.7. The summed E-state index contributed by atoms with van der Waals surface area (Å²) in [5, 5.41) is 11.9. The van der Waals surface area contributed by atoms with Crippen molar-refractivity contribution < 1.29 is 13.7 Å². The van der Waals surface area contributed by atoms with Crippen molar-refractivity contribution in [2.45, 2.75) is 19.4 Å². The van der Waals surface area contributed by atoms with Crippen LogP contribution in [-0.4, -0.2) is 49.0 Å². The number of carbonyl (C=O) groups excluding carboxylic acids is 1. The van der Waals surface area contributed by atoms with Crippen LogP contribution in [0, 0.1) is 6.92 Å². The Labute approximate surface area is 130 Å². The predicted molar refractivity (Wildman–Crippen MR) is 76.3 cm³/mol. The Morgan fingerprint density at radius 2 is 2.35 bits per heavy atom. The number of hydrogen-bond acceptors (Lipinski definition) is 7. The lowest BCUT2D eigenvalue weighted by atomic mass is 10.3. The van der Waals surface area contributed by atoms with Gasteiger partial charge in [0.25, 0.3) is 11.8 Å². The molecule has 4 heterocycles. The van der Waals surface area contributed by atoms with Gasteiger partial charge in [0.2, 0.25) is 0 Å². The zero-order valence-corrected chi connectivity index (χ0v) is 12.4. The van der Waals surface area contributed by atoms with Crippen LogP contribution >= 0.6 is 0 Å². The molecule has 118 valence electrons. The van der Waals surface area contributed by atoms with E-state index in [1.54, 1.807) is 28.8 Å². The molecule has 0 unspecified atom stereocenters. The van der Waals surface area contributed by atoms with Crippen LogP contribution in [-0.2, 0) is 0 Å². The molecule has 0 bridgehead atoms. The van der Waals surface area contributed by atoms with E-state index in [0.29, 0.717) is 36.1 Å². The molecule has 1 amide bonds. The SMILES string of the molecule is Cc1noc(-c2cn([C@H]3CCN(C(=O)c4ccoc4)C3)nn2)n1. The largest absolute Gasteiger partial charge is 0.472 e. The maximum atomic E-state index is 12.3. The van der Waals surface area contributed by atoms with E-state index in [0.717, 1.165) is 6.42 Å². The summed E-state index contributed by atoms with van der Waals surface area (Å²) in [6.45, 7) is 2.99. The number of hydrogen-bond donors (Lipinski definition) is 0. The molecule has 23 heavy (non-hydrogen) atoms. The highest BCUT2D eigenvalue weighted by Gasteiger charge is 2.29. The summed E-state index contributed by atoms with van der Waals surface area (Å²) in [5.41, 5.74) is 1.09. The molecule has 0 aromatic carbocycles. The van der Waals surface area contributed by atoms with Crippen molar-refractivity contribution in [2.75, 3.05) is 13.1 Å². The Morgan fingerprint density at radius 1 is 1.43 bits per heavy atom. The van der Waals surface area contributed by atoms with Crippen LogP contribution in [0.5, 0.6) is 0 Å². The number of nitrogens with zero attached hydrogens (tertiary/aromatic N) is 6. The Bertz CT molecular complexity index is 821. The van der Waals surface area contributed by atoms with Crippen LogP contribution in [0.25, 0.3) is 11.6 Å². The first-order valence-corrected chi connectivity index (χ1v) is 7.24. The number of carbonyl (C=O) groups is 1. The van der Waals surface area contributed by atoms with Crippen molar-refractivity contribution in [2.24, 2.45) is 0 Å². The van der Waals surface area contributed by atoms with Gasteiger partial charge in [-0.05, 0) is 19.4 Å². The fraction of sp³-hybridized carbons (Fsp3) is 0.357.